The molecule has 3 aromatic carbocycles. The quantitative estimate of drug-likeness (QED) is 0.409. The van der Waals surface area contributed by atoms with Crippen molar-refractivity contribution in [1.82, 2.24) is 0 Å². The van der Waals surface area contributed by atoms with Gasteiger partial charge in [0.05, 0.1) is 11.6 Å². The maximum atomic E-state index is 8.88. The number of nitriles is 1. The second-order valence-electron chi connectivity index (χ2n) is 8.64. The summed E-state index contributed by atoms with van der Waals surface area (Å²) >= 11 is 0. The Hall–Kier alpha value is -3.29. The minimum atomic E-state index is 0.657. The number of benzene rings is 3. The first kappa shape index (κ1) is 21.0. The molecule has 1 saturated carbocycles. The molecule has 1 aliphatic rings. The van der Waals surface area contributed by atoms with E-state index >= 15 is 0 Å². The van der Waals surface area contributed by atoms with Crippen LogP contribution >= 0.6 is 0 Å². The summed E-state index contributed by atoms with van der Waals surface area (Å²) in [6.45, 7) is 2.30. The van der Waals surface area contributed by atoms with Gasteiger partial charge in [-0.1, -0.05) is 68.0 Å². The third-order valence-electron chi connectivity index (χ3n) is 6.51. The molecular weight excluding hydrogens is 374 g/mol. The topological polar surface area (TPSA) is 23.8 Å². The summed E-state index contributed by atoms with van der Waals surface area (Å²) < 4.78 is 0. The Kier molecular flexibility index (Phi) is 6.86. The fourth-order valence-electron chi connectivity index (χ4n) is 4.66. The highest BCUT2D eigenvalue weighted by Crippen LogP contribution is 2.38. The van der Waals surface area contributed by atoms with Crippen molar-refractivity contribution in [3.63, 3.8) is 0 Å². The van der Waals surface area contributed by atoms with Crippen LogP contribution in [0.25, 0.3) is 11.1 Å². The normalized spacial score (nSPS) is 17.9. The maximum Gasteiger partial charge on any atom is 0.0991 e. The molecule has 0 N–H and O–H groups in total. The van der Waals surface area contributed by atoms with Gasteiger partial charge in [0.2, 0.25) is 0 Å². The van der Waals surface area contributed by atoms with Crippen molar-refractivity contribution in [2.75, 3.05) is 0 Å². The first-order valence-electron chi connectivity index (χ1n) is 11.5. The SMILES string of the molecule is CCCC1CCC(c2ccc(-c3ccc(C#Cc4ccc(C#N)cc4)cc3)cc2)CC1. The van der Waals surface area contributed by atoms with Gasteiger partial charge < -0.3 is 0 Å². The van der Waals surface area contributed by atoms with Gasteiger partial charge in [-0.2, -0.15) is 5.26 Å². The van der Waals surface area contributed by atoms with Crippen LogP contribution in [0.5, 0.6) is 0 Å². The molecule has 0 aromatic heterocycles. The van der Waals surface area contributed by atoms with E-state index in [1.54, 1.807) is 12.1 Å². The second kappa shape index (κ2) is 10.1. The average molecular weight is 404 g/mol. The summed E-state index contributed by atoms with van der Waals surface area (Å²) in [7, 11) is 0. The van der Waals surface area contributed by atoms with Crippen LogP contribution in [-0.4, -0.2) is 0 Å². The van der Waals surface area contributed by atoms with E-state index < -0.39 is 0 Å². The fraction of sp³-hybridized carbons (Fsp3) is 0.300. The van der Waals surface area contributed by atoms with E-state index in [-0.39, 0.29) is 0 Å². The Bertz CT molecular complexity index is 1080. The second-order valence-corrected chi connectivity index (χ2v) is 8.64. The van der Waals surface area contributed by atoms with E-state index in [1.807, 2.05) is 12.1 Å². The van der Waals surface area contributed by atoms with Gasteiger partial charge in [-0.3, -0.25) is 0 Å². The number of hydrogen-bond acceptors (Lipinski definition) is 1. The molecular formula is C30H29N. The molecule has 31 heavy (non-hydrogen) atoms. The van der Waals surface area contributed by atoms with Gasteiger partial charge in [0.25, 0.3) is 0 Å². The summed E-state index contributed by atoms with van der Waals surface area (Å²) in [5, 5.41) is 8.88. The Morgan fingerprint density at radius 2 is 1.16 bits per heavy atom. The highest BCUT2D eigenvalue weighted by molar-refractivity contribution is 5.65. The third-order valence-corrected chi connectivity index (χ3v) is 6.51. The van der Waals surface area contributed by atoms with E-state index in [2.05, 4.69) is 73.4 Å². The molecule has 1 heteroatoms. The lowest BCUT2D eigenvalue weighted by Crippen LogP contribution is -2.13. The molecule has 154 valence electrons. The van der Waals surface area contributed by atoms with Crippen molar-refractivity contribution in [2.45, 2.75) is 51.4 Å². The van der Waals surface area contributed by atoms with E-state index in [1.165, 1.54) is 55.2 Å². The van der Waals surface area contributed by atoms with Crippen molar-refractivity contribution in [3.05, 3.63) is 95.1 Å². The first-order valence-corrected chi connectivity index (χ1v) is 11.5. The Morgan fingerprint density at radius 1 is 0.677 bits per heavy atom. The predicted molar refractivity (Wildman–Crippen MR) is 129 cm³/mol. The summed E-state index contributed by atoms with van der Waals surface area (Å²) in [6, 6.07) is 27.2. The van der Waals surface area contributed by atoms with Crippen LogP contribution in [0, 0.1) is 29.1 Å². The highest BCUT2D eigenvalue weighted by Gasteiger charge is 2.21. The van der Waals surface area contributed by atoms with E-state index in [0.717, 1.165) is 23.0 Å². The van der Waals surface area contributed by atoms with E-state index in [4.69, 9.17) is 5.26 Å². The van der Waals surface area contributed by atoms with Gasteiger partial charge in [-0.25, -0.2) is 0 Å². The smallest absolute Gasteiger partial charge is 0.0991 e. The molecule has 1 fully saturated rings. The zero-order valence-electron chi connectivity index (χ0n) is 18.3. The first-order chi connectivity index (χ1) is 15.2. The van der Waals surface area contributed by atoms with Crippen LogP contribution in [0.15, 0.2) is 72.8 Å². The van der Waals surface area contributed by atoms with Gasteiger partial charge in [0.1, 0.15) is 0 Å². The lowest BCUT2D eigenvalue weighted by atomic mass is 9.77. The molecule has 0 radical (unpaired) electrons. The van der Waals surface area contributed by atoms with Gasteiger partial charge >= 0.3 is 0 Å². The summed E-state index contributed by atoms with van der Waals surface area (Å²) in [5.74, 6) is 8.07. The van der Waals surface area contributed by atoms with Crippen LogP contribution in [0.4, 0.5) is 0 Å². The molecule has 0 aliphatic heterocycles. The Morgan fingerprint density at radius 3 is 1.68 bits per heavy atom. The van der Waals surface area contributed by atoms with Crippen LogP contribution in [0.2, 0.25) is 0 Å². The lowest BCUT2D eigenvalue weighted by Gasteiger charge is -2.28. The Labute approximate surface area is 186 Å². The van der Waals surface area contributed by atoms with Crippen LogP contribution in [0.1, 0.15) is 73.6 Å². The minimum absolute atomic E-state index is 0.657. The summed E-state index contributed by atoms with van der Waals surface area (Å²) in [6.07, 6.45) is 8.20. The standard InChI is InChI=1S/C30H29N/c1-2-3-23-10-14-27(15-11-23)29-18-20-30(21-19-29)28-16-12-25(13-17-28)5-4-24-6-8-26(22-31)9-7-24/h6-9,12-13,16-21,23,27H,2-3,10-11,14-15H2,1H3. The van der Waals surface area contributed by atoms with Gasteiger partial charge in [-0.05, 0) is 90.6 Å². The van der Waals surface area contributed by atoms with Crippen LogP contribution in [-0.2, 0) is 0 Å². The molecule has 0 spiro atoms. The van der Waals surface area contributed by atoms with Crippen molar-refractivity contribution in [3.8, 4) is 29.0 Å². The van der Waals surface area contributed by atoms with Crippen LogP contribution < -0.4 is 0 Å². The van der Waals surface area contributed by atoms with Crippen molar-refractivity contribution >= 4 is 0 Å². The molecule has 0 bridgehead atoms. The van der Waals surface area contributed by atoms with Gasteiger partial charge in [0, 0.05) is 11.1 Å². The van der Waals surface area contributed by atoms with Crippen molar-refractivity contribution in [2.24, 2.45) is 5.92 Å². The van der Waals surface area contributed by atoms with Crippen molar-refractivity contribution < 1.29 is 0 Å². The van der Waals surface area contributed by atoms with Crippen LogP contribution in [0.3, 0.4) is 0 Å². The van der Waals surface area contributed by atoms with Gasteiger partial charge in [0.15, 0.2) is 0 Å². The molecule has 0 saturated heterocycles. The predicted octanol–water partition coefficient (Wildman–Crippen LogP) is 7.70. The zero-order valence-corrected chi connectivity index (χ0v) is 18.3. The highest BCUT2D eigenvalue weighted by atomic mass is 14.3. The van der Waals surface area contributed by atoms with Gasteiger partial charge in [-0.15, -0.1) is 0 Å². The fourth-order valence-corrected chi connectivity index (χ4v) is 4.66. The monoisotopic (exact) mass is 403 g/mol. The van der Waals surface area contributed by atoms with E-state index in [0.29, 0.717) is 5.56 Å². The lowest BCUT2D eigenvalue weighted by molar-refractivity contribution is 0.308. The molecule has 3 aromatic rings. The number of hydrogen-bond donors (Lipinski definition) is 0. The van der Waals surface area contributed by atoms with Crippen molar-refractivity contribution in [1.29, 1.82) is 5.26 Å². The molecule has 0 amide bonds. The Balaban J connectivity index is 1.39. The largest absolute Gasteiger partial charge is 0.192 e. The zero-order chi connectivity index (χ0) is 21.5. The molecule has 0 atom stereocenters. The molecule has 1 nitrogen and oxygen atoms in total. The minimum Gasteiger partial charge on any atom is -0.192 e. The molecule has 0 heterocycles. The average Bonchev–Trinajstić information content (AvgIpc) is 2.84. The summed E-state index contributed by atoms with van der Waals surface area (Å²) in [5.41, 5.74) is 6.56. The maximum absolute atomic E-state index is 8.88. The number of rotatable bonds is 4. The molecule has 0 unspecified atom stereocenters. The van der Waals surface area contributed by atoms with E-state index in [9.17, 15) is 0 Å². The molecule has 1 aliphatic carbocycles. The molecule has 4 rings (SSSR count). The summed E-state index contributed by atoms with van der Waals surface area (Å²) in [4.78, 5) is 0. The number of nitrogens with zero attached hydrogens (tertiary/aromatic N) is 1. The third kappa shape index (κ3) is 5.45.